The van der Waals surface area contributed by atoms with Crippen LogP contribution in [0.4, 0.5) is 0 Å². The molecule has 0 fully saturated rings. The van der Waals surface area contributed by atoms with Crippen molar-refractivity contribution in [3.8, 4) is 0 Å². The second kappa shape index (κ2) is 9.41. The normalized spacial score (nSPS) is 11.0. The number of fused-ring (bicyclic) bond motifs is 1. The summed E-state index contributed by atoms with van der Waals surface area (Å²) in [5, 5.41) is 0.795. The molecule has 2 heteroatoms. The molecule has 0 atom stereocenters. The number of unbranched alkanes of at least 4 members (excludes halogenated alkanes) is 5. The predicted molar refractivity (Wildman–Crippen MR) is 109 cm³/mol. The molecule has 1 heterocycles. The summed E-state index contributed by atoms with van der Waals surface area (Å²) < 4.78 is 2.27. The highest BCUT2D eigenvalue weighted by atomic mass is 16.1. The van der Waals surface area contributed by atoms with Crippen molar-refractivity contribution < 1.29 is 0 Å². The first-order valence-corrected chi connectivity index (χ1v) is 9.51. The van der Waals surface area contributed by atoms with Gasteiger partial charge in [0.15, 0.2) is 5.43 Å². The summed E-state index contributed by atoms with van der Waals surface area (Å²) in [6.45, 7) is 12.8. The molecular formula is C23H31NO. The van der Waals surface area contributed by atoms with E-state index in [1.807, 2.05) is 31.2 Å². The molecular weight excluding hydrogens is 306 g/mol. The minimum atomic E-state index is 0.164. The molecule has 0 amide bonds. The highest BCUT2D eigenvalue weighted by molar-refractivity contribution is 5.80. The Bertz CT molecular complexity index is 798. The van der Waals surface area contributed by atoms with Gasteiger partial charge in [0.1, 0.15) is 0 Å². The predicted octanol–water partition coefficient (Wildman–Crippen LogP) is 5.96. The fourth-order valence-electron chi connectivity index (χ4n) is 3.43. The fraction of sp³-hybridized carbons (Fsp3) is 0.435. The number of para-hydroxylation sites is 1. The molecule has 0 saturated heterocycles. The van der Waals surface area contributed by atoms with Crippen molar-refractivity contribution >= 4 is 10.9 Å². The Labute approximate surface area is 151 Å². The van der Waals surface area contributed by atoms with Crippen LogP contribution in [0, 0.1) is 6.92 Å². The smallest absolute Gasteiger partial charge is 0.192 e. The molecule has 0 aliphatic rings. The van der Waals surface area contributed by atoms with Gasteiger partial charge in [0.2, 0.25) is 0 Å². The molecule has 2 rings (SSSR count). The van der Waals surface area contributed by atoms with E-state index in [0.29, 0.717) is 6.54 Å². The van der Waals surface area contributed by atoms with Gasteiger partial charge in [-0.2, -0.15) is 0 Å². The molecule has 0 spiro atoms. The maximum absolute atomic E-state index is 12.8. The summed E-state index contributed by atoms with van der Waals surface area (Å²) >= 11 is 0. The number of benzene rings is 1. The summed E-state index contributed by atoms with van der Waals surface area (Å²) in [6.07, 6.45) is 10.3. The van der Waals surface area contributed by atoms with Gasteiger partial charge in [0.05, 0.1) is 5.52 Å². The van der Waals surface area contributed by atoms with Crippen LogP contribution >= 0.6 is 0 Å². The molecule has 134 valence electrons. The molecule has 0 unspecified atom stereocenters. The molecule has 0 aliphatic heterocycles. The van der Waals surface area contributed by atoms with E-state index in [4.69, 9.17) is 0 Å². The molecule has 0 N–H and O–H groups in total. The third-order valence-corrected chi connectivity index (χ3v) is 4.96. The summed E-state index contributed by atoms with van der Waals surface area (Å²) in [5.74, 6) is 0. The van der Waals surface area contributed by atoms with Crippen LogP contribution in [-0.2, 0) is 13.0 Å². The van der Waals surface area contributed by atoms with E-state index in [-0.39, 0.29) is 5.43 Å². The lowest BCUT2D eigenvalue weighted by Gasteiger charge is -2.19. The van der Waals surface area contributed by atoms with Crippen molar-refractivity contribution in [2.24, 2.45) is 0 Å². The third kappa shape index (κ3) is 4.72. The number of rotatable bonds is 10. The topological polar surface area (TPSA) is 22.0 Å². The van der Waals surface area contributed by atoms with Crippen LogP contribution in [0.15, 0.2) is 53.9 Å². The van der Waals surface area contributed by atoms with Crippen molar-refractivity contribution in [2.75, 3.05) is 0 Å². The molecule has 0 aliphatic carbocycles. The van der Waals surface area contributed by atoms with Crippen molar-refractivity contribution in [1.29, 1.82) is 0 Å². The van der Waals surface area contributed by atoms with Gasteiger partial charge >= 0.3 is 0 Å². The molecule has 2 aromatic rings. The Morgan fingerprint density at radius 3 is 2.52 bits per heavy atom. The van der Waals surface area contributed by atoms with Crippen molar-refractivity contribution in [2.45, 2.75) is 65.3 Å². The maximum atomic E-state index is 12.8. The van der Waals surface area contributed by atoms with Crippen LogP contribution in [0.2, 0.25) is 0 Å². The lowest BCUT2D eigenvalue weighted by molar-refractivity contribution is 0.595. The van der Waals surface area contributed by atoms with Gasteiger partial charge in [0, 0.05) is 23.2 Å². The second-order valence-corrected chi connectivity index (χ2v) is 6.88. The molecule has 0 bridgehead atoms. The largest absolute Gasteiger partial charge is 0.340 e. The SMILES string of the molecule is C=CC(=C)Cn1c(CCCCCCCC)c(C)c(=O)c2ccccc21. The van der Waals surface area contributed by atoms with Crippen LogP contribution in [0.3, 0.4) is 0 Å². The average Bonchev–Trinajstić information content (AvgIpc) is 2.64. The third-order valence-electron chi connectivity index (χ3n) is 4.96. The van der Waals surface area contributed by atoms with E-state index in [9.17, 15) is 4.79 Å². The number of nitrogens with zero attached hydrogens (tertiary/aromatic N) is 1. The second-order valence-electron chi connectivity index (χ2n) is 6.88. The highest BCUT2D eigenvalue weighted by Crippen LogP contribution is 2.20. The monoisotopic (exact) mass is 337 g/mol. The number of hydrogen-bond acceptors (Lipinski definition) is 1. The van der Waals surface area contributed by atoms with Crippen LogP contribution in [-0.4, -0.2) is 4.57 Å². The maximum Gasteiger partial charge on any atom is 0.192 e. The highest BCUT2D eigenvalue weighted by Gasteiger charge is 2.13. The van der Waals surface area contributed by atoms with Gasteiger partial charge < -0.3 is 4.57 Å². The first kappa shape index (κ1) is 19.2. The van der Waals surface area contributed by atoms with Gasteiger partial charge in [-0.1, -0.05) is 70.4 Å². The zero-order valence-corrected chi connectivity index (χ0v) is 15.8. The summed E-state index contributed by atoms with van der Waals surface area (Å²) in [7, 11) is 0. The van der Waals surface area contributed by atoms with Crippen LogP contribution < -0.4 is 5.43 Å². The average molecular weight is 338 g/mol. The minimum absolute atomic E-state index is 0.164. The van der Waals surface area contributed by atoms with Crippen molar-refractivity contribution in [3.63, 3.8) is 0 Å². The summed E-state index contributed by atoms with van der Waals surface area (Å²) in [5.41, 5.74) is 4.17. The van der Waals surface area contributed by atoms with Gasteiger partial charge in [-0.15, -0.1) is 0 Å². The van der Waals surface area contributed by atoms with Gasteiger partial charge in [-0.25, -0.2) is 0 Å². The molecule has 25 heavy (non-hydrogen) atoms. The quantitative estimate of drug-likeness (QED) is 0.387. The molecule has 0 radical (unpaired) electrons. The Morgan fingerprint density at radius 2 is 1.80 bits per heavy atom. The first-order chi connectivity index (χ1) is 12.1. The molecule has 1 aromatic heterocycles. The lowest BCUT2D eigenvalue weighted by Crippen LogP contribution is -2.19. The van der Waals surface area contributed by atoms with Crippen LogP contribution in [0.25, 0.3) is 10.9 Å². The minimum Gasteiger partial charge on any atom is -0.340 e. The number of aromatic nitrogens is 1. The zero-order chi connectivity index (χ0) is 18.2. The number of pyridine rings is 1. The number of allylic oxidation sites excluding steroid dienone is 2. The van der Waals surface area contributed by atoms with E-state index in [1.54, 1.807) is 6.08 Å². The standard InChI is InChI=1S/C23H31NO/c1-5-7-8-9-10-11-15-21-19(4)23(25)20-14-12-13-16-22(20)24(21)17-18(3)6-2/h6,12-14,16H,2-3,5,7-11,15,17H2,1,4H3. The first-order valence-electron chi connectivity index (χ1n) is 9.51. The van der Waals surface area contributed by atoms with Crippen LogP contribution in [0.1, 0.15) is 56.7 Å². The van der Waals surface area contributed by atoms with Gasteiger partial charge in [0.25, 0.3) is 0 Å². The molecule has 0 saturated carbocycles. The zero-order valence-electron chi connectivity index (χ0n) is 15.8. The van der Waals surface area contributed by atoms with E-state index < -0.39 is 0 Å². The van der Waals surface area contributed by atoms with Crippen molar-refractivity contribution in [1.82, 2.24) is 4.57 Å². The van der Waals surface area contributed by atoms with Crippen LogP contribution in [0.5, 0.6) is 0 Å². The Balaban J connectivity index is 2.34. The lowest BCUT2D eigenvalue weighted by atomic mass is 10.0. The van der Waals surface area contributed by atoms with E-state index in [2.05, 4.69) is 24.6 Å². The summed E-state index contributed by atoms with van der Waals surface area (Å²) in [6, 6.07) is 7.89. The Kier molecular flexibility index (Phi) is 7.24. The fourth-order valence-corrected chi connectivity index (χ4v) is 3.43. The van der Waals surface area contributed by atoms with E-state index in [1.165, 1.54) is 32.1 Å². The number of hydrogen-bond donors (Lipinski definition) is 0. The summed E-state index contributed by atoms with van der Waals surface area (Å²) in [4.78, 5) is 12.8. The molecule has 1 aromatic carbocycles. The van der Waals surface area contributed by atoms with Gasteiger partial charge in [-0.05, 0) is 37.5 Å². The Morgan fingerprint density at radius 1 is 1.12 bits per heavy atom. The Hall–Kier alpha value is -2.09. The molecule has 2 nitrogen and oxygen atoms in total. The van der Waals surface area contributed by atoms with E-state index in [0.717, 1.165) is 40.6 Å². The van der Waals surface area contributed by atoms with Gasteiger partial charge in [-0.3, -0.25) is 4.79 Å². The van der Waals surface area contributed by atoms with E-state index >= 15 is 0 Å². The van der Waals surface area contributed by atoms with Crippen molar-refractivity contribution in [3.05, 3.63) is 70.6 Å².